The van der Waals surface area contributed by atoms with E-state index in [1.54, 1.807) is 0 Å². The molecule has 15 heavy (non-hydrogen) atoms. The average Bonchev–Trinajstić information content (AvgIpc) is 2.19. The van der Waals surface area contributed by atoms with Gasteiger partial charge in [-0.3, -0.25) is 0 Å². The monoisotopic (exact) mass is 244 g/mol. The summed E-state index contributed by atoms with van der Waals surface area (Å²) in [6, 6.07) is 6.45. The fourth-order valence-corrected chi connectivity index (χ4v) is 1.93. The first kappa shape index (κ1) is 11.5. The van der Waals surface area contributed by atoms with Gasteiger partial charge in [-0.05, 0) is 24.3 Å². The summed E-state index contributed by atoms with van der Waals surface area (Å²) < 4.78 is 23.1. The van der Waals surface area contributed by atoms with Crippen LogP contribution in [0.3, 0.4) is 0 Å². The number of nitriles is 1. The van der Waals surface area contributed by atoms with Crippen molar-refractivity contribution in [3.05, 3.63) is 29.3 Å². The SMILES string of the molecule is N#CC(=NO)S(=O)(=O)c1ccc(Cl)cc1. The van der Waals surface area contributed by atoms with Gasteiger partial charge in [-0.2, -0.15) is 5.26 Å². The normalized spacial score (nSPS) is 12.1. The molecule has 0 bridgehead atoms. The van der Waals surface area contributed by atoms with Crippen LogP contribution in [0.5, 0.6) is 0 Å². The maximum absolute atomic E-state index is 11.5. The van der Waals surface area contributed by atoms with Crippen molar-refractivity contribution in [2.75, 3.05) is 0 Å². The van der Waals surface area contributed by atoms with E-state index in [4.69, 9.17) is 22.1 Å². The van der Waals surface area contributed by atoms with Crippen molar-refractivity contribution in [2.45, 2.75) is 4.90 Å². The molecule has 1 aromatic rings. The summed E-state index contributed by atoms with van der Waals surface area (Å²) in [5, 5.41) is 18.6. The molecule has 0 amide bonds. The highest BCUT2D eigenvalue weighted by Gasteiger charge is 2.22. The molecule has 0 spiro atoms. The van der Waals surface area contributed by atoms with Gasteiger partial charge in [0.2, 0.25) is 9.84 Å². The molecule has 1 rings (SSSR count). The Labute approximate surface area is 91.1 Å². The van der Waals surface area contributed by atoms with Gasteiger partial charge in [0.15, 0.2) is 0 Å². The van der Waals surface area contributed by atoms with E-state index in [1.165, 1.54) is 30.3 Å². The summed E-state index contributed by atoms with van der Waals surface area (Å²) in [7, 11) is -4.04. The van der Waals surface area contributed by atoms with Gasteiger partial charge in [0.25, 0.3) is 5.04 Å². The van der Waals surface area contributed by atoms with Crippen molar-refractivity contribution in [3.63, 3.8) is 0 Å². The van der Waals surface area contributed by atoms with E-state index in [0.717, 1.165) is 0 Å². The van der Waals surface area contributed by atoms with Crippen molar-refractivity contribution in [2.24, 2.45) is 5.16 Å². The molecule has 0 saturated heterocycles. The molecular formula is C8H5ClN2O3S. The van der Waals surface area contributed by atoms with Crippen LogP contribution >= 0.6 is 11.6 Å². The van der Waals surface area contributed by atoms with Gasteiger partial charge < -0.3 is 5.21 Å². The molecule has 0 saturated carbocycles. The molecule has 0 aliphatic rings. The smallest absolute Gasteiger partial charge is 0.275 e. The minimum Gasteiger partial charge on any atom is -0.409 e. The van der Waals surface area contributed by atoms with Crippen LogP contribution in [0.1, 0.15) is 0 Å². The first-order valence-electron chi connectivity index (χ1n) is 3.65. The number of hydrogen-bond donors (Lipinski definition) is 1. The molecule has 7 heteroatoms. The van der Waals surface area contributed by atoms with Gasteiger partial charge in [-0.25, -0.2) is 8.42 Å². The van der Waals surface area contributed by atoms with Gasteiger partial charge in [-0.1, -0.05) is 16.8 Å². The van der Waals surface area contributed by atoms with E-state index in [9.17, 15) is 8.42 Å². The first-order valence-corrected chi connectivity index (χ1v) is 5.51. The third-order valence-corrected chi connectivity index (χ3v) is 3.39. The fourth-order valence-electron chi connectivity index (χ4n) is 0.862. The Bertz CT molecular complexity index is 528. The molecular weight excluding hydrogens is 240 g/mol. The van der Waals surface area contributed by atoms with Crippen molar-refractivity contribution >= 4 is 26.5 Å². The molecule has 0 fully saturated rings. The quantitative estimate of drug-likeness (QED) is 0.350. The Morgan fingerprint density at radius 1 is 1.40 bits per heavy atom. The lowest BCUT2D eigenvalue weighted by Gasteiger charge is -1.99. The van der Waals surface area contributed by atoms with E-state index in [-0.39, 0.29) is 4.90 Å². The molecule has 1 aromatic carbocycles. The van der Waals surface area contributed by atoms with Crippen molar-refractivity contribution in [1.29, 1.82) is 5.26 Å². The molecule has 78 valence electrons. The number of benzene rings is 1. The minimum atomic E-state index is -4.04. The number of nitrogens with zero attached hydrogens (tertiary/aromatic N) is 2. The Kier molecular flexibility index (Phi) is 3.29. The van der Waals surface area contributed by atoms with Gasteiger partial charge in [-0.15, -0.1) is 0 Å². The maximum atomic E-state index is 11.5. The molecule has 1 N–H and O–H groups in total. The highest BCUT2D eigenvalue weighted by atomic mass is 35.5. The Morgan fingerprint density at radius 3 is 2.33 bits per heavy atom. The lowest BCUT2D eigenvalue weighted by atomic mass is 10.4. The zero-order valence-corrected chi connectivity index (χ0v) is 8.83. The summed E-state index contributed by atoms with van der Waals surface area (Å²) in [6.45, 7) is 0. The molecule has 0 aliphatic carbocycles. The van der Waals surface area contributed by atoms with Crippen molar-refractivity contribution in [1.82, 2.24) is 0 Å². The summed E-state index contributed by atoms with van der Waals surface area (Å²) >= 11 is 5.57. The number of halogens is 1. The molecule has 0 radical (unpaired) electrons. The molecule has 0 heterocycles. The largest absolute Gasteiger partial charge is 0.409 e. The standard InChI is InChI=1S/C8H5ClN2O3S/c9-6-1-3-7(4-2-6)15(13,14)8(5-10)11-12/h1-4,12H. The predicted molar refractivity (Wildman–Crippen MR) is 53.5 cm³/mol. The molecule has 0 aliphatic heterocycles. The zero-order chi connectivity index (χ0) is 11.5. The molecule has 0 aromatic heterocycles. The second-order valence-corrected chi connectivity index (χ2v) is 4.78. The highest BCUT2D eigenvalue weighted by molar-refractivity contribution is 8.07. The molecule has 0 atom stereocenters. The number of sulfone groups is 1. The van der Waals surface area contributed by atoms with Crippen LogP contribution in [0, 0.1) is 11.3 Å². The lowest BCUT2D eigenvalue weighted by Crippen LogP contribution is -2.13. The van der Waals surface area contributed by atoms with Crippen LogP contribution in [0.2, 0.25) is 5.02 Å². The lowest BCUT2D eigenvalue weighted by molar-refractivity contribution is 0.321. The van der Waals surface area contributed by atoms with E-state index < -0.39 is 14.9 Å². The van der Waals surface area contributed by atoms with Gasteiger partial charge >= 0.3 is 0 Å². The second kappa shape index (κ2) is 4.29. The summed E-state index contributed by atoms with van der Waals surface area (Å²) in [5.41, 5.74) is 0. The number of hydrogen-bond acceptors (Lipinski definition) is 5. The van der Waals surface area contributed by atoms with Crippen LogP contribution < -0.4 is 0 Å². The topological polar surface area (TPSA) is 90.5 Å². The van der Waals surface area contributed by atoms with E-state index in [0.29, 0.717) is 5.02 Å². The number of oxime groups is 1. The highest BCUT2D eigenvalue weighted by Crippen LogP contribution is 2.16. The summed E-state index contributed by atoms with van der Waals surface area (Å²) in [4.78, 5) is -0.152. The van der Waals surface area contributed by atoms with Gasteiger partial charge in [0, 0.05) is 5.02 Å². The average molecular weight is 245 g/mol. The molecule has 0 unspecified atom stereocenters. The predicted octanol–water partition coefficient (Wildman–Crippen LogP) is 1.42. The van der Waals surface area contributed by atoms with Crippen LogP contribution in [0.25, 0.3) is 0 Å². The fraction of sp³-hybridized carbons (Fsp3) is 0. The Morgan fingerprint density at radius 2 is 1.93 bits per heavy atom. The second-order valence-electron chi connectivity index (χ2n) is 2.47. The van der Waals surface area contributed by atoms with Gasteiger partial charge in [0.05, 0.1) is 4.90 Å². The third-order valence-electron chi connectivity index (χ3n) is 1.56. The minimum absolute atomic E-state index is 0.152. The van der Waals surface area contributed by atoms with Crippen molar-refractivity contribution in [3.8, 4) is 6.07 Å². The number of rotatable bonds is 1. The third kappa shape index (κ3) is 2.26. The first-order chi connectivity index (χ1) is 7.02. The Balaban J connectivity index is 3.31. The maximum Gasteiger partial charge on any atom is 0.275 e. The molecule has 5 nitrogen and oxygen atoms in total. The van der Waals surface area contributed by atoms with Crippen LogP contribution in [-0.4, -0.2) is 18.7 Å². The van der Waals surface area contributed by atoms with E-state index in [1.807, 2.05) is 0 Å². The van der Waals surface area contributed by atoms with E-state index >= 15 is 0 Å². The zero-order valence-electron chi connectivity index (χ0n) is 7.25. The Hall–Kier alpha value is -1.58. The van der Waals surface area contributed by atoms with Crippen LogP contribution in [-0.2, 0) is 9.84 Å². The van der Waals surface area contributed by atoms with Crippen LogP contribution in [0.15, 0.2) is 34.3 Å². The van der Waals surface area contributed by atoms with Crippen molar-refractivity contribution < 1.29 is 13.6 Å². The summed E-state index contributed by atoms with van der Waals surface area (Å²) in [6.07, 6.45) is 0. The van der Waals surface area contributed by atoms with E-state index in [2.05, 4.69) is 5.16 Å². The summed E-state index contributed by atoms with van der Waals surface area (Å²) in [5.74, 6) is 0. The van der Waals surface area contributed by atoms with Crippen LogP contribution in [0.4, 0.5) is 0 Å². The van der Waals surface area contributed by atoms with Gasteiger partial charge in [0.1, 0.15) is 6.07 Å².